The molecule has 18 heavy (non-hydrogen) atoms. The van der Waals surface area contributed by atoms with Crippen LogP contribution in [0.15, 0.2) is 35.3 Å². The van der Waals surface area contributed by atoms with Gasteiger partial charge in [0.2, 0.25) is 0 Å². The van der Waals surface area contributed by atoms with Gasteiger partial charge >= 0.3 is 0 Å². The summed E-state index contributed by atoms with van der Waals surface area (Å²) in [5.74, 6) is 0.712. The van der Waals surface area contributed by atoms with Crippen molar-refractivity contribution in [3.8, 4) is 5.88 Å². The zero-order valence-electron chi connectivity index (χ0n) is 9.81. The molecule has 0 amide bonds. The fourth-order valence-corrected chi connectivity index (χ4v) is 1.88. The first-order valence-electron chi connectivity index (χ1n) is 5.60. The Labute approximate surface area is 103 Å². The van der Waals surface area contributed by atoms with Gasteiger partial charge in [0.15, 0.2) is 11.7 Å². The average Bonchev–Trinajstić information content (AvgIpc) is 2.90. The molecule has 1 aromatic carbocycles. The van der Waals surface area contributed by atoms with E-state index in [1.165, 1.54) is 0 Å². The molecule has 0 saturated carbocycles. The quantitative estimate of drug-likeness (QED) is 0.602. The van der Waals surface area contributed by atoms with E-state index in [2.05, 4.69) is 20.2 Å². The average molecular weight is 240 g/mol. The van der Waals surface area contributed by atoms with Crippen molar-refractivity contribution in [2.75, 3.05) is 0 Å². The lowest BCUT2D eigenvalue weighted by atomic mass is 10.2. The lowest BCUT2D eigenvalue weighted by molar-refractivity contribution is 0.457. The third-order valence-corrected chi connectivity index (χ3v) is 2.74. The number of hydrogen-bond acceptors (Lipinski definition) is 3. The Morgan fingerprint density at radius 2 is 2.17 bits per heavy atom. The van der Waals surface area contributed by atoms with Gasteiger partial charge in [-0.15, -0.1) is 0 Å². The Morgan fingerprint density at radius 1 is 1.33 bits per heavy atom. The van der Waals surface area contributed by atoms with Crippen LogP contribution in [0.4, 0.5) is 5.82 Å². The monoisotopic (exact) mass is 240 g/mol. The van der Waals surface area contributed by atoms with Gasteiger partial charge in [0.1, 0.15) is 0 Å². The highest BCUT2D eigenvalue weighted by Crippen LogP contribution is 2.25. The smallest absolute Gasteiger partial charge is 0.198 e. The summed E-state index contributed by atoms with van der Waals surface area (Å²) in [7, 11) is 0. The van der Waals surface area contributed by atoms with Crippen LogP contribution in [-0.4, -0.2) is 26.5 Å². The fraction of sp³-hybridized carbons (Fsp3) is 0.0769. The first-order chi connectivity index (χ1) is 8.74. The number of aryl methyl sites for hydroxylation is 1. The number of aromatic nitrogens is 3. The molecule has 0 radical (unpaired) electrons. The molecule has 0 spiro atoms. The van der Waals surface area contributed by atoms with Crippen molar-refractivity contribution in [3.05, 3.63) is 41.6 Å². The van der Waals surface area contributed by atoms with Crippen molar-refractivity contribution >= 4 is 22.9 Å². The van der Waals surface area contributed by atoms with E-state index in [0.717, 1.165) is 16.6 Å². The maximum Gasteiger partial charge on any atom is 0.198 e. The van der Waals surface area contributed by atoms with Gasteiger partial charge in [-0.1, -0.05) is 18.2 Å². The molecule has 0 atom stereocenters. The summed E-state index contributed by atoms with van der Waals surface area (Å²) in [6, 6.07) is 9.51. The number of nitrogens with one attached hydrogen (secondary N) is 2. The summed E-state index contributed by atoms with van der Waals surface area (Å²) in [6.07, 6.45) is 1.61. The molecule has 0 aliphatic rings. The van der Waals surface area contributed by atoms with Gasteiger partial charge in [0, 0.05) is 28.9 Å². The van der Waals surface area contributed by atoms with E-state index in [4.69, 9.17) is 0 Å². The Balaban J connectivity index is 2.04. The number of para-hydroxylation sites is 1. The van der Waals surface area contributed by atoms with E-state index in [0.29, 0.717) is 11.4 Å². The van der Waals surface area contributed by atoms with Gasteiger partial charge in [-0.3, -0.25) is 5.10 Å². The van der Waals surface area contributed by atoms with E-state index in [9.17, 15) is 5.11 Å². The Bertz CT molecular complexity index is 724. The Hall–Kier alpha value is -2.56. The number of hydrogen-bond donors (Lipinski definition) is 3. The third kappa shape index (κ3) is 1.75. The number of rotatable bonds is 2. The number of benzene rings is 1. The molecule has 3 N–H and O–H groups in total. The summed E-state index contributed by atoms with van der Waals surface area (Å²) < 4.78 is 0. The zero-order chi connectivity index (χ0) is 12.5. The van der Waals surface area contributed by atoms with Crippen LogP contribution >= 0.6 is 0 Å². The molecule has 2 aromatic heterocycles. The second-order valence-corrected chi connectivity index (χ2v) is 4.10. The van der Waals surface area contributed by atoms with Crippen molar-refractivity contribution in [2.24, 2.45) is 4.99 Å². The van der Waals surface area contributed by atoms with E-state index in [-0.39, 0.29) is 5.88 Å². The molecule has 0 unspecified atom stereocenters. The van der Waals surface area contributed by atoms with Crippen molar-refractivity contribution in [1.29, 1.82) is 0 Å². The third-order valence-electron chi connectivity index (χ3n) is 2.74. The minimum atomic E-state index is 0.118. The zero-order valence-corrected chi connectivity index (χ0v) is 9.81. The molecule has 0 aliphatic carbocycles. The number of nitrogens with zero attached hydrogens (tertiary/aromatic N) is 2. The Kier molecular flexibility index (Phi) is 2.37. The van der Waals surface area contributed by atoms with E-state index >= 15 is 0 Å². The highest BCUT2D eigenvalue weighted by atomic mass is 16.3. The van der Waals surface area contributed by atoms with Gasteiger partial charge < -0.3 is 10.1 Å². The molecular formula is C13H12N4O. The SMILES string of the molecule is Cc1cc(N=Cc2c(O)[nH]c3ccccc23)n[nH]1. The first kappa shape index (κ1) is 10.6. The summed E-state index contributed by atoms with van der Waals surface area (Å²) in [4.78, 5) is 7.14. The molecule has 3 rings (SSSR count). The first-order valence-corrected chi connectivity index (χ1v) is 5.60. The van der Waals surface area contributed by atoms with Crippen LogP contribution in [0.3, 0.4) is 0 Å². The van der Waals surface area contributed by atoms with Crippen molar-refractivity contribution in [3.63, 3.8) is 0 Å². The van der Waals surface area contributed by atoms with Crippen LogP contribution in [0.1, 0.15) is 11.3 Å². The van der Waals surface area contributed by atoms with Crippen molar-refractivity contribution in [1.82, 2.24) is 15.2 Å². The topological polar surface area (TPSA) is 77.1 Å². The molecule has 90 valence electrons. The van der Waals surface area contributed by atoms with Gasteiger partial charge in [0.05, 0.1) is 5.56 Å². The predicted octanol–water partition coefficient (Wildman–Crippen LogP) is 2.66. The number of fused-ring (bicyclic) bond motifs is 1. The van der Waals surface area contributed by atoms with E-state index < -0.39 is 0 Å². The van der Waals surface area contributed by atoms with Crippen LogP contribution in [0.5, 0.6) is 5.88 Å². The standard InChI is InChI=1S/C13H12N4O/c1-8-6-12(17-16-8)14-7-10-9-4-2-3-5-11(9)15-13(10)18/h2-7,15,18H,1H3,(H,16,17). The van der Waals surface area contributed by atoms with Crippen LogP contribution in [0, 0.1) is 6.92 Å². The highest BCUT2D eigenvalue weighted by Gasteiger charge is 2.07. The number of aromatic hydroxyl groups is 1. The second kappa shape index (κ2) is 4.03. The number of aromatic amines is 2. The lowest BCUT2D eigenvalue weighted by Gasteiger charge is -1.90. The summed E-state index contributed by atoms with van der Waals surface area (Å²) in [5.41, 5.74) is 2.51. The number of H-pyrrole nitrogens is 2. The molecule has 0 aliphatic heterocycles. The molecule has 0 bridgehead atoms. The normalized spacial score (nSPS) is 11.6. The van der Waals surface area contributed by atoms with Crippen molar-refractivity contribution in [2.45, 2.75) is 6.92 Å². The van der Waals surface area contributed by atoms with Crippen LogP contribution < -0.4 is 0 Å². The molecule has 3 aromatic rings. The lowest BCUT2D eigenvalue weighted by Crippen LogP contribution is -1.78. The van der Waals surface area contributed by atoms with E-state index in [1.54, 1.807) is 6.21 Å². The van der Waals surface area contributed by atoms with E-state index in [1.807, 2.05) is 37.3 Å². The van der Waals surface area contributed by atoms with Gasteiger partial charge in [0.25, 0.3) is 0 Å². The van der Waals surface area contributed by atoms with Gasteiger partial charge in [-0.2, -0.15) is 5.10 Å². The number of aliphatic imine (C=N–C) groups is 1. The second-order valence-electron chi connectivity index (χ2n) is 4.10. The molecule has 5 heteroatoms. The van der Waals surface area contributed by atoms with Crippen LogP contribution in [-0.2, 0) is 0 Å². The summed E-state index contributed by atoms with van der Waals surface area (Å²) in [6.45, 7) is 1.91. The van der Waals surface area contributed by atoms with Crippen molar-refractivity contribution < 1.29 is 5.11 Å². The minimum absolute atomic E-state index is 0.118. The maximum absolute atomic E-state index is 9.84. The molecule has 0 saturated heterocycles. The molecule has 0 fully saturated rings. The largest absolute Gasteiger partial charge is 0.494 e. The summed E-state index contributed by atoms with van der Waals surface area (Å²) >= 11 is 0. The maximum atomic E-state index is 9.84. The van der Waals surface area contributed by atoms with Crippen LogP contribution in [0.25, 0.3) is 10.9 Å². The van der Waals surface area contributed by atoms with Gasteiger partial charge in [-0.25, -0.2) is 4.99 Å². The van der Waals surface area contributed by atoms with Crippen LogP contribution in [0.2, 0.25) is 0 Å². The molecule has 2 heterocycles. The summed E-state index contributed by atoms with van der Waals surface area (Å²) in [5, 5.41) is 17.6. The molecule has 5 nitrogen and oxygen atoms in total. The predicted molar refractivity (Wildman–Crippen MR) is 70.5 cm³/mol. The molecular weight excluding hydrogens is 228 g/mol. The van der Waals surface area contributed by atoms with Gasteiger partial charge in [-0.05, 0) is 13.0 Å². The minimum Gasteiger partial charge on any atom is -0.494 e. The Morgan fingerprint density at radius 3 is 2.94 bits per heavy atom. The fourth-order valence-electron chi connectivity index (χ4n) is 1.88. The highest BCUT2D eigenvalue weighted by molar-refractivity contribution is 6.02.